The number of ether oxygens (including phenoxy) is 1. The number of rotatable bonds is 1. The van der Waals surface area contributed by atoms with Gasteiger partial charge >= 0.3 is 0 Å². The van der Waals surface area contributed by atoms with E-state index in [-0.39, 0.29) is 5.88 Å². The maximum atomic E-state index is 13.0. The van der Waals surface area contributed by atoms with E-state index in [0.29, 0.717) is 5.82 Å². The van der Waals surface area contributed by atoms with Crippen molar-refractivity contribution >= 4 is 8.07 Å². The number of hydrogen-bond donors (Lipinski definition) is 0. The van der Waals surface area contributed by atoms with Gasteiger partial charge in [0.15, 0.2) is 0 Å². The van der Waals surface area contributed by atoms with Crippen LogP contribution < -0.4 is 4.74 Å². The molecule has 0 radical (unpaired) electrons. The third kappa shape index (κ3) is 3.68. The Hall–Kier alpha value is -1.41. The molecule has 1 aromatic rings. The van der Waals surface area contributed by atoms with Crippen LogP contribution >= 0.6 is 0 Å². The van der Waals surface area contributed by atoms with E-state index in [0.717, 1.165) is 6.20 Å². The Morgan fingerprint density at radius 3 is 2.60 bits per heavy atom. The summed E-state index contributed by atoms with van der Waals surface area (Å²) in [6.07, 6.45) is 1.07. The molecule has 0 aliphatic carbocycles. The second kappa shape index (κ2) is 4.40. The Balaban J connectivity index is 3.01. The smallest absolute Gasteiger partial charge is 0.254 e. The maximum Gasteiger partial charge on any atom is 0.254 e. The minimum absolute atomic E-state index is 0.0649. The average molecular weight is 224 g/mol. The molecule has 3 nitrogen and oxygen atoms in total. The van der Waals surface area contributed by atoms with Gasteiger partial charge in [0.25, 0.3) is 5.88 Å². The van der Waals surface area contributed by atoms with Gasteiger partial charge in [0.05, 0.1) is 13.3 Å². The van der Waals surface area contributed by atoms with Crippen LogP contribution in [-0.2, 0) is 0 Å². The monoisotopic (exact) mass is 224 g/mol. The molecule has 0 saturated carbocycles. The second-order valence-corrected chi connectivity index (χ2v) is 8.80. The van der Waals surface area contributed by atoms with Gasteiger partial charge in [0, 0.05) is 0 Å². The summed E-state index contributed by atoms with van der Waals surface area (Å²) in [5.74, 6) is 2.49. The van der Waals surface area contributed by atoms with Crippen LogP contribution in [0.5, 0.6) is 5.88 Å². The first kappa shape index (κ1) is 11.7. The molecule has 80 valence electrons. The lowest BCUT2D eigenvalue weighted by Gasteiger charge is -2.03. The molecule has 0 aliphatic rings. The fraction of sp³-hybridized carbons (Fsp3) is 0.400. The van der Waals surface area contributed by atoms with Crippen LogP contribution in [0.4, 0.5) is 4.39 Å². The molecule has 0 aliphatic heterocycles. The predicted molar refractivity (Wildman–Crippen MR) is 58.8 cm³/mol. The third-order valence-electron chi connectivity index (χ3n) is 1.45. The second-order valence-electron chi connectivity index (χ2n) is 4.05. The molecule has 0 fully saturated rings. The van der Waals surface area contributed by atoms with Gasteiger partial charge in [0.2, 0.25) is 11.6 Å². The molecule has 0 unspecified atom stereocenters. The molecule has 0 atom stereocenters. The van der Waals surface area contributed by atoms with Crippen molar-refractivity contribution in [3.8, 4) is 17.3 Å². The average Bonchev–Trinajstić information content (AvgIpc) is 2.15. The minimum Gasteiger partial charge on any atom is -0.479 e. The van der Waals surface area contributed by atoms with Crippen molar-refractivity contribution < 1.29 is 9.13 Å². The van der Waals surface area contributed by atoms with Gasteiger partial charge in [-0.25, -0.2) is 4.98 Å². The largest absolute Gasteiger partial charge is 0.479 e. The normalized spacial score (nSPS) is 10.5. The highest BCUT2D eigenvalue weighted by Crippen LogP contribution is 2.10. The van der Waals surface area contributed by atoms with E-state index < -0.39 is 13.9 Å². The van der Waals surface area contributed by atoms with Crippen molar-refractivity contribution in [3.63, 3.8) is 0 Å². The molecule has 1 rings (SSSR count). The van der Waals surface area contributed by atoms with Gasteiger partial charge in [-0.3, -0.25) is 0 Å². The van der Waals surface area contributed by atoms with Crippen LogP contribution in [0.2, 0.25) is 19.6 Å². The number of halogens is 1. The molecule has 15 heavy (non-hydrogen) atoms. The molecular weight excluding hydrogens is 211 g/mol. The number of nitrogens with zero attached hydrogens (tertiary/aromatic N) is 2. The lowest BCUT2D eigenvalue weighted by atomic mass is 10.5. The van der Waals surface area contributed by atoms with E-state index in [9.17, 15) is 4.39 Å². The first-order valence-electron chi connectivity index (χ1n) is 4.52. The fourth-order valence-electron chi connectivity index (χ4n) is 0.798. The van der Waals surface area contributed by atoms with Crippen LogP contribution in [0.3, 0.4) is 0 Å². The van der Waals surface area contributed by atoms with Crippen molar-refractivity contribution in [3.05, 3.63) is 17.8 Å². The molecule has 5 heteroatoms. The molecule has 0 saturated heterocycles. The third-order valence-corrected chi connectivity index (χ3v) is 2.33. The molecule has 1 heterocycles. The molecule has 0 N–H and O–H groups in total. The summed E-state index contributed by atoms with van der Waals surface area (Å²) >= 11 is 0. The molecule has 0 spiro atoms. The Morgan fingerprint density at radius 1 is 1.40 bits per heavy atom. The minimum atomic E-state index is -1.46. The lowest BCUT2D eigenvalue weighted by Crippen LogP contribution is -2.16. The highest BCUT2D eigenvalue weighted by atomic mass is 28.3. The van der Waals surface area contributed by atoms with Crippen LogP contribution in [0.1, 0.15) is 5.82 Å². The maximum absolute atomic E-state index is 13.0. The lowest BCUT2D eigenvalue weighted by molar-refractivity contribution is 0.366. The quantitative estimate of drug-likeness (QED) is 0.539. The summed E-state index contributed by atoms with van der Waals surface area (Å²) in [7, 11) is -0.0946. The van der Waals surface area contributed by atoms with Gasteiger partial charge in [-0.2, -0.15) is 9.37 Å². The summed E-state index contributed by atoms with van der Waals surface area (Å²) < 4.78 is 17.7. The van der Waals surface area contributed by atoms with E-state index in [1.807, 2.05) is 0 Å². The summed E-state index contributed by atoms with van der Waals surface area (Å²) in [4.78, 5) is 7.61. The van der Waals surface area contributed by atoms with Gasteiger partial charge in [-0.15, -0.1) is 5.54 Å². The van der Waals surface area contributed by atoms with E-state index in [1.165, 1.54) is 7.11 Å². The first-order chi connectivity index (χ1) is 6.92. The Morgan fingerprint density at radius 2 is 2.07 bits per heavy atom. The van der Waals surface area contributed by atoms with Crippen molar-refractivity contribution in [2.45, 2.75) is 19.6 Å². The van der Waals surface area contributed by atoms with Crippen molar-refractivity contribution in [2.24, 2.45) is 0 Å². The van der Waals surface area contributed by atoms with Crippen molar-refractivity contribution in [1.29, 1.82) is 0 Å². The van der Waals surface area contributed by atoms with E-state index in [1.54, 1.807) is 0 Å². The SMILES string of the molecule is COc1nc(C#C[Si](C)(C)C)ncc1F. The van der Waals surface area contributed by atoms with E-state index >= 15 is 0 Å². The van der Waals surface area contributed by atoms with Gasteiger partial charge in [-0.1, -0.05) is 19.6 Å². The van der Waals surface area contributed by atoms with Crippen LogP contribution in [-0.4, -0.2) is 25.2 Å². The molecular formula is C10H13FN2OSi. The highest BCUT2D eigenvalue weighted by Gasteiger charge is 2.09. The summed E-state index contributed by atoms with van der Waals surface area (Å²) in [5, 5.41) is 0. The van der Waals surface area contributed by atoms with Crippen LogP contribution in [0.25, 0.3) is 0 Å². The predicted octanol–water partition coefficient (Wildman–Crippen LogP) is 1.85. The van der Waals surface area contributed by atoms with Gasteiger partial charge < -0.3 is 4.74 Å². The zero-order valence-electron chi connectivity index (χ0n) is 9.26. The summed E-state index contributed by atoms with van der Waals surface area (Å²) in [5.41, 5.74) is 3.09. The number of aromatic nitrogens is 2. The van der Waals surface area contributed by atoms with E-state index in [2.05, 4.69) is 41.1 Å². The van der Waals surface area contributed by atoms with Crippen LogP contribution in [0, 0.1) is 17.3 Å². The standard InChI is InChI=1S/C10H13FN2OSi/c1-14-10-8(11)7-12-9(13-10)5-6-15(2,3)4/h7H,1-4H3. The van der Waals surface area contributed by atoms with E-state index in [4.69, 9.17) is 4.74 Å². The van der Waals surface area contributed by atoms with Crippen molar-refractivity contribution in [1.82, 2.24) is 9.97 Å². The fourth-order valence-corrected chi connectivity index (χ4v) is 1.29. The molecule has 0 bridgehead atoms. The zero-order valence-corrected chi connectivity index (χ0v) is 10.3. The Bertz CT molecular complexity index is 418. The molecule has 1 aromatic heterocycles. The van der Waals surface area contributed by atoms with Gasteiger partial charge in [0.1, 0.15) is 8.07 Å². The molecule has 0 aromatic carbocycles. The number of hydrogen-bond acceptors (Lipinski definition) is 3. The highest BCUT2D eigenvalue weighted by molar-refractivity contribution is 6.83. The first-order valence-corrected chi connectivity index (χ1v) is 8.02. The molecule has 0 amide bonds. The van der Waals surface area contributed by atoms with Crippen LogP contribution in [0.15, 0.2) is 6.20 Å². The zero-order chi connectivity index (χ0) is 11.5. The Labute approximate surface area is 89.7 Å². The van der Waals surface area contributed by atoms with Gasteiger partial charge in [-0.05, 0) is 5.92 Å². The summed E-state index contributed by atoms with van der Waals surface area (Å²) in [6.45, 7) is 6.34. The topological polar surface area (TPSA) is 35.0 Å². The number of methoxy groups -OCH3 is 1. The van der Waals surface area contributed by atoms with Crippen molar-refractivity contribution in [2.75, 3.05) is 7.11 Å². The Kier molecular flexibility index (Phi) is 3.42. The summed E-state index contributed by atoms with van der Waals surface area (Å²) in [6, 6.07) is 0.